The van der Waals surface area contributed by atoms with Crippen molar-refractivity contribution >= 4 is 5.91 Å². The molecule has 1 aliphatic heterocycles. The van der Waals surface area contributed by atoms with Crippen LogP contribution in [0.4, 0.5) is 0 Å². The van der Waals surface area contributed by atoms with Gasteiger partial charge in [0.05, 0.1) is 6.20 Å². The first kappa shape index (κ1) is 16.1. The summed E-state index contributed by atoms with van der Waals surface area (Å²) in [5.74, 6) is 1.38. The van der Waals surface area contributed by atoms with Gasteiger partial charge in [-0.25, -0.2) is 0 Å². The van der Waals surface area contributed by atoms with Gasteiger partial charge in [0.25, 0.3) is 0 Å². The predicted molar refractivity (Wildman–Crippen MR) is 93.2 cm³/mol. The van der Waals surface area contributed by atoms with Gasteiger partial charge >= 0.3 is 0 Å². The molecule has 2 heterocycles. The monoisotopic (exact) mass is 330 g/mol. The minimum absolute atomic E-state index is 0.272. The molecule has 1 atom stereocenters. The fourth-order valence-corrected chi connectivity index (χ4v) is 4.59. The molecule has 0 unspecified atom stereocenters. The van der Waals surface area contributed by atoms with E-state index in [0.717, 1.165) is 44.9 Å². The highest BCUT2D eigenvalue weighted by atomic mass is 16.1. The minimum Gasteiger partial charge on any atom is -0.356 e. The Morgan fingerprint density at radius 2 is 2.08 bits per heavy atom. The molecule has 3 aliphatic rings. The number of carbonyl (C=O) groups is 1. The lowest BCUT2D eigenvalue weighted by atomic mass is 9.76. The fraction of sp³-hybridized carbons (Fsp3) is 0.789. The Kier molecular flexibility index (Phi) is 4.37. The third kappa shape index (κ3) is 3.66. The normalized spacial score (nSPS) is 26.8. The first-order valence-corrected chi connectivity index (χ1v) is 9.60. The average molecular weight is 330 g/mol. The first-order valence-electron chi connectivity index (χ1n) is 9.60. The number of aromatic nitrogens is 2. The summed E-state index contributed by atoms with van der Waals surface area (Å²) in [7, 11) is 1.97. The van der Waals surface area contributed by atoms with E-state index >= 15 is 0 Å². The summed E-state index contributed by atoms with van der Waals surface area (Å²) in [6, 6.07) is 0. The number of nitrogens with zero attached hydrogens (tertiary/aromatic N) is 3. The maximum atomic E-state index is 12.4. The van der Waals surface area contributed by atoms with E-state index in [-0.39, 0.29) is 5.92 Å². The second kappa shape index (κ2) is 6.51. The van der Waals surface area contributed by atoms with Crippen molar-refractivity contribution < 1.29 is 4.79 Å². The first-order chi connectivity index (χ1) is 11.6. The molecule has 4 rings (SSSR count). The van der Waals surface area contributed by atoms with E-state index in [2.05, 4.69) is 21.5 Å². The van der Waals surface area contributed by atoms with Crippen LogP contribution in [0.2, 0.25) is 0 Å². The third-order valence-electron chi connectivity index (χ3n) is 6.42. The van der Waals surface area contributed by atoms with Gasteiger partial charge in [-0.3, -0.25) is 14.4 Å². The van der Waals surface area contributed by atoms with Gasteiger partial charge in [0, 0.05) is 37.8 Å². The number of rotatable bonds is 5. The zero-order valence-corrected chi connectivity index (χ0v) is 14.8. The SMILES string of the molecule is Cn1cc(CN2CCC3(CC[C@@H](C(=O)NCC4CC4)C3)CC2)cn1. The topological polar surface area (TPSA) is 50.2 Å². The van der Waals surface area contributed by atoms with Crippen molar-refractivity contribution in [2.45, 2.75) is 51.5 Å². The smallest absolute Gasteiger partial charge is 0.223 e. The molecular formula is C19H30N4O. The average Bonchev–Trinajstić information content (AvgIpc) is 3.19. The standard InChI is InChI=1S/C19H30N4O/c1-22-13-16(12-21-22)14-23-8-6-19(7-9-23)5-4-17(10-19)18(24)20-11-15-2-3-15/h12-13,15,17H,2-11,14H2,1H3,(H,20,24)/t17-/m1/s1. The zero-order valence-electron chi connectivity index (χ0n) is 14.8. The van der Waals surface area contributed by atoms with Gasteiger partial charge < -0.3 is 5.32 Å². The van der Waals surface area contributed by atoms with Crippen LogP contribution < -0.4 is 5.32 Å². The van der Waals surface area contributed by atoms with Crippen LogP contribution in [0.25, 0.3) is 0 Å². The number of hydrogen-bond acceptors (Lipinski definition) is 3. The lowest BCUT2D eigenvalue weighted by molar-refractivity contribution is -0.125. The van der Waals surface area contributed by atoms with E-state index in [4.69, 9.17) is 0 Å². The predicted octanol–water partition coefficient (Wildman–Crippen LogP) is 2.33. The molecule has 132 valence electrons. The van der Waals surface area contributed by atoms with Gasteiger partial charge in [-0.2, -0.15) is 5.10 Å². The second-order valence-corrected chi connectivity index (χ2v) is 8.43. The summed E-state index contributed by atoms with van der Waals surface area (Å²) < 4.78 is 1.88. The number of carbonyl (C=O) groups excluding carboxylic acids is 1. The molecule has 1 N–H and O–H groups in total. The Bertz CT molecular complexity index is 584. The van der Waals surface area contributed by atoms with Crippen molar-refractivity contribution in [2.75, 3.05) is 19.6 Å². The highest BCUT2D eigenvalue weighted by Gasteiger charge is 2.43. The van der Waals surface area contributed by atoms with Gasteiger partial charge in [-0.15, -0.1) is 0 Å². The van der Waals surface area contributed by atoms with Crippen molar-refractivity contribution in [3.05, 3.63) is 18.0 Å². The van der Waals surface area contributed by atoms with Crippen LogP contribution in [0.1, 0.15) is 50.5 Å². The van der Waals surface area contributed by atoms with Crippen LogP contribution in [0.3, 0.4) is 0 Å². The van der Waals surface area contributed by atoms with Crippen LogP contribution >= 0.6 is 0 Å². The maximum absolute atomic E-state index is 12.4. The molecule has 2 saturated carbocycles. The van der Waals surface area contributed by atoms with Crippen molar-refractivity contribution in [1.29, 1.82) is 0 Å². The number of amides is 1. The Morgan fingerprint density at radius 1 is 1.29 bits per heavy atom. The molecule has 1 aromatic heterocycles. The molecule has 0 aromatic carbocycles. The molecule has 5 nitrogen and oxygen atoms in total. The Labute approximate surface area is 144 Å². The maximum Gasteiger partial charge on any atom is 0.223 e. The van der Waals surface area contributed by atoms with Crippen molar-refractivity contribution in [1.82, 2.24) is 20.0 Å². The Hall–Kier alpha value is -1.36. The number of nitrogens with one attached hydrogen (secondary N) is 1. The molecule has 3 fully saturated rings. The minimum atomic E-state index is 0.272. The highest BCUT2D eigenvalue weighted by molar-refractivity contribution is 5.79. The largest absolute Gasteiger partial charge is 0.356 e. The quantitative estimate of drug-likeness (QED) is 0.901. The zero-order chi connectivity index (χ0) is 16.6. The summed E-state index contributed by atoms with van der Waals surface area (Å²) >= 11 is 0. The fourth-order valence-electron chi connectivity index (χ4n) is 4.59. The molecule has 2 aliphatic carbocycles. The molecule has 24 heavy (non-hydrogen) atoms. The number of aryl methyl sites for hydroxylation is 1. The summed E-state index contributed by atoms with van der Waals surface area (Å²) in [6.45, 7) is 4.24. The van der Waals surface area contributed by atoms with Crippen LogP contribution in [-0.4, -0.2) is 40.2 Å². The molecule has 1 aromatic rings. The Morgan fingerprint density at radius 3 is 2.75 bits per heavy atom. The highest BCUT2D eigenvalue weighted by Crippen LogP contribution is 2.49. The molecule has 1 amide bonds. The van der Waals surface area contributed by atoms with E-state index in [0.29, 0.717) is 11.3 Å². The van der Waals surface area contributed by atoms with E-state index in [9.17, 15) is 4.79 Å². The van der Waals surface area contributed by atoms with Crippen molar-refractivity contribution in [2.24, 2.45) is 24.3 Å². The van der Waals surface area contributed by atoms with Gasteiger partial charge in [0.1, 0.15) is 0 Å². The molecule has 0 bridgehead atoms. The number of piperidine rings is 1. The van der Waals surface area contributed by atoms with Gasteiger partial charge in [-0.05, 0) is 69.4 Å². The second-order valence-electron chi connectivity index (χ2n) is 8.43. The molecule has 1 saturated heterocycles. The van der Waals surface area contributed by atoms with E-state index in [1.807, 2.05) is 17.9 Å². The molecule has 1 spiro atoms. The lowest BCUT2D eigenvalue weighted by Gasteiger charge is -2.39. The molecule has 5 heteroatoms. The van der Waals surface area contributed by atoms with Crippen LogP contribution in [0, 0.1) is 17.3 Å². The van der Waals surface area contributed by atoms with E-state index in [1.165, 1.54) is 37.7 Å². The van der Waals surface area contributed by atoms with Crippen LogP contribution in [-0.2, 0) is 18.4 Å². The third-order valence-corrected chi connectivity index (χ3v) is 6.42. The lowest BCUT2D eigenvalue weighted by Crippen LogP contribution is -2.39. The number of hydrogen-bond donors (Lipinski definition) is 1. The van der Waals surface area contributed by atoms with Gasteiger partial charge in [-0.1, -0.05) is 0 Å². The summed E-state index contributed by atoms with van der Waals surface area (Å²) in [5, 5.41) is 7.46. The number of likely N-dealkylation sites (tertiary alicyclic amines) is 1. The van der Waals surface area contributed by atoms with Crippen LogP contribution in [0.15, 0.2) is 12.4 Å². The Balaban J connectivity index is 1.25. The summed E-state index contributed by atoms with van der Waals surface area (Å²) in [6.07, 6.45) is 12.7. The van der Waals surface area contributed by atoms with Crippen molar-refractivity contribution in [3.8, 4) is 0 Å². The molecule has 0 radical (unpaired) electrons. The van der Waals surface area contributed by atoms with Gasteiger partial charge in [0.15, 0.2) is 0 Å². The molecular weight excluding hydrogens is 300 g/mol. The van der Waals surface area contributed by atoms with E-state index in [1.54, 1.807) is 0 Å². The van der Waals surface area contributed by atoms with Crippen LogP contribution in [0.5, 0.6) is 0 Å². The van der Waals surface area contributed by atoms with Gasteiger partial charge in [0.2, 0.25) is 5.91 Å². The van der Waals surface area contributed by atoms with E-state index < -0.39 is 0 Å². The summed E-state index contributed by atoms with van der Waals surface area (Å²) in [5.41, 5.74) is 1.74. The summed E-state index contributed by atoms with van der Waals surface area (Å²) in [4.78, 5) is 14.9. The van der Waals surface area contributed by atoms with Crippen molar-refractivity contribution in [3.63, 3.8) is 0 Å².